The quantitative estimate of drug-likeness (QED) is 0.785. The molecule has 7 heteroatoms. The normalized spacial score (nSPS) is 11.2. The fourth-order valence-electron chi connectivity index (χ4n) is 1.35. The Kier molecular flexibility index (Phi) is 4.00. The molecule has 0 bridgehead atoms. The monoisotopic (exact) mass is 276 g/mol. The second-order valence-corrected chi connectivity index (χ2v) is 5.92. The van der Waals surface area contributed by atoms with Crippen LogP contribution in [-0.2, 0) is 14.8 Å². The summed E-state index contributed by atoms with van der Waals surface area (Å²) in [5, 5.41) is 10.9. The second kappa shape index (κ2) is 4.93. The van der Waals surface area contributed by atoms with Crippen LogP contribution in [0.2, 0.25) is 5.02 Å². The van der Waals surface area contributed by atoms with E-state index < -0.39 is 22.5 Å². The van der Waals surface area contributed by atoms with Gasteiger partial charge >= 0.3 is 0 Å². The molecule has 0 unspecified atom stereocenters. The van der Waals surface area contributed by atoms with E-state index in [4.69, 9.17) is 11.6 Å². The highest BCUT2D eigenvalue weighted by atomic mass is 35.5. The summed E-state index contributed by atoms with van der Waals surface area (Å²) in [6.07, 6.45) is 0.927. The Morgan fingerprint density at radius 3 is 2.53 bits per heavy atom. The zero-order valence-electron chi connectivity index (χ0n) is 9.31. The molecule has 0 atom stereocenters. The van der Waals surface area contributed by atoms with E-state index in [1.54, 1.807) is 19.1 Å². The van der Waals surface area contributed by atoms with E-state index in [-0.39, 0.29) is 5.69 Å². The van der Waals surface area contributed by atoms with Gasteiger partial charge in [-0.25, -0.2) is 8.42 Å². The van der Waals surface area contributed by atoms with E-state index in [9.17, 15) is 18.3 Å². The minimum atomic E-state index is -3.70. The van der Waals surface area contributed by atoms with Gasteiger partial charge in [0.05, 0.1) is 24.5 Å². The first-order chi connectivity index (χ1) is 7.71. The van der Waals surface area contributed by atoms with Crippen LogP contribution < -0.4 is 9.41 Å². The average molecular weight is 277 g/mol. The summed E-state index contributed by atoms with van der Waals surface area (Å²) in [6.45, 7) is 0.930. The Bertz CT molecular complexity index is 541. The van der Waals surface area contributed by atoms with E-state index in [1.807, 2.05) is 0 Å². The summed E-state index contributed by atoms with van der Waals surface area (Å²) in [5.74, 6) is -1.48. The number of rotatable bonds is 4. The van der Waals surface area contributed by atoms with Crippen molar-refractivity contribution in [2.45, 2.75) is 6.92 Å². The molecule has 0 aromatic heterocycles. The van der Waals surface area contributed by atoms with Gasteiger partial charge in [-0.3, -0.25) is 4.31 Å². The third kappa shape index (κ3) is 3.61. The third-order valence-electron chi connectivity index (χ3n) is 2.11. The summed E-state index contributed by atoms with van der Waals surface area (Å²) < 4.78 is 23.8. The van der Waals surface area contributed by atoms with Crippen molar-refractivity contribution in [2.75, 3.05) is 17.1 Å². The molecule has 0 radical (unpaired) electrons. The molecule has 0 aliphatic rings. The topological polar surface area (TPSA) is 77.5 Å². The van der Waals surface area contributed by atoms with Crippen molar-refractivity contribution in [3.8, 4) is 0 Å². The van der Waals surface area contributed by atoms with Crippen LogP contribution in [0, 0.1) is 6.92 Å². The number of carboxylic acid groups (broad SMARTS) is 1. The van der Waals surface area contributed by atoms with E-state index in [0.29, 0.717) is 10.6 Å². The van der Waals surface area contributed by atoms with Crippen LogP contribution in [0.5, 0.6) is 0 Å². The summed E-state index contributed by atoms with van der Waals surface area (Å²) >= 11 is 5.76. The van der Waals surface area contributed by atoms with E-state index in [1.165, 1.54) is 6.07 Å². The largest absolute Gasteiger partial charge is 0.548 e. The lowest BCUT2D eigenvalue weighted by Gasteiger charge is -2.24. The fourth-order valence-corrected chi connectivity index (χ4v) is 2.41. The van der Waals surface area contributed by atoms with Crippen LogP contribution >= 0.6 is 11.6 Å². The molecule has 1 aromatic rings. The smallest absolute Gasteiger partial charge is 0.232 e. The molecule has 0 fully saturated rings. The number of hydrogen-bond acceptors (Lipinski definition) is 4. The summed E-state index contributed by atoms with van der Waals surface area (Å²) in [7, 11) is -3.70. The molecule has 0 amide bonds. The highest BCUT2D eigenvalue weighted by Gasteiger charge is 2.19. The predicted octanol–water partition coefficient (Wildman–Crippen LogP) is 0.164. The van der Waals surface area contributed by atoms with Crippen molar-refractivity contribution in [1.29, 1.82) is 0 Å². The van der Waals surface area contributed by atoms with Gasteiger partial charge in [-0.1, -0.05) is 17.7 Å². The summed E-state index contributed by atoms with van der Waals surface area (Å²) in [4.78, 5) is 10.6. The molecule has 94 valence electrons. The van der Waals surface area contributed by atoms with Crippen LogP contribution in [-0.4, -0.2) is 27.2 Å². The number of anilines is 1. The number of aryl methyl sites for hydroxylation is 1. The van der Waals surface area contributed by atoms with Gasteiger partial charge in [0, 0.05) is 5.02 Å². The van der Waals surface area contributed by atoms with Gasteiger partial charge in [0.25, 0.3) is 0 Å². The second-order valence-electron chi connectivity index (χ2n) is 3.57. The SMILES string of the molecule is Cc1ccc(Cl)cc1N(CC(=O)[O-])S(C)(=O)=O. The number of aliphatic carboxylic acids is 1. The highest BCUT2D eigenvalue weighted by Crippen LogP contribution is 2.25. The number of carbonyl (C=O) groups is 1. The molecule has 0 aliphatic heterocycles. The van der Waals surface area contributed by atoms with Gasteiger partial charge in [-0.2, -0.15) is 0 Å². The van der Waals surface area contributed by atoms with E-state index >= 15 is 0 Å². The molecular weight excluding hydrogens is 266 g/mol. The minimum absolute atomic E-state index is 0.240. The standard InChI is InChI=1S/C10H12ClNO4S/c1-7-3-4-8(11)5-9(7)12(6-10(13)14)17(2,15)16/h3-5H,6H2,1-2H3,(H,13,14)/p-1. The molecule has 1 aromatic carbocycles. The van der Waals surface area contributed by atoms with Crippen LogP contribution in [0.1, 0.15) is 5.56 Å². The lowest BCUT2D eigenvalue weighted by molar-refractivity contribution is -0.303. The van der Waals surface area contributed by atoms with Gasteiger partial charge < -0.3 is 9.90 Å². The van der Waals surface area contributed by atoms with Crippen molar-refractivity contribution in [3.05, 3.63) is 28.8 Å². The molecular formula is C10H11ClNO4S-. The minimum Gasteiger partial charge on any atom is -0.548 e. The maximum Gasteiger partial charge on any atom is 0.232 e. The van der Waals surface area contributed by atoms with Gasteiger partial charge in [0.2, 0.25) is 10.0 Å². The zero-order chi connectivity index (χ0) is 13.2. The van der Waals surface area contributed by atoms with Crippen LogP contribution in [0.25, 0.3) is 0 Å². The number of hydrogen-bond donors (Lipinski definition) is 0. The van der Waals surface area contributed by atoms with Gasteiger partial charge in [-0.05, 0) is 24.6 Å². The van der Waals surface area contributed by atoms with Crippen LogP contribution in [0.15, 0.2) is 18.2 Å². The first-order valence-corrected chi connectivity index (χ1v) is 6.88. The fraction of sp³-hybridized carbons (Fsp3) is 0.300. The molecule has 5 nitrogen and oxygen atoms in total. The maximum absolute atomic E-state index is 11.5. The Morgan fingerprint density at radius 2 is 2.06 bits per heavy atom. The molecule has 17 heavy (non-hydrogen) atoms. The number of carbonyl (C=O) groups excluding carboxylic acids is 1. The Balaban J connectivity index is 3.31. The summed E-state index contributed by atoms with van der Waals surface area (Å²) in [6, 6.07) is 4.62. The number of carboxylic acids is 1. The molecule has 1 rings (SSSR count). The number of sulfonamides is 1. The Labute approximate surface area is 105 Å². The molecule has 0 aliphatic carbocycles. The average Bonchev–Trinajstić information content (AvgIpc) is 2.16. The van der Waals surface area contributed by atoms with E-state index in [0.717, 1.165) is 10.6 Å². The van der Waals surface area contributed by atoms with Crippen LogP contribution in [0.4, 0.5) is 5.69 Å². The first-order valence-electron chi connectivity index (χ1n) is 4.65. The van der Waals surface area contributed by atoms with Crippen molar-refractivity contribution in [3.63, 3.8) is 0 Å². The number of halogens is 1. The number of nitrogens with zero attached hydrogens (tertiary/aromatic N) is 1. The Hall–Kier alpha value is -1.27. The third-order valence-corrected chi connectivity index (χ3v) is 3.47. The molecule has 0 N–H and O–H groups in total. The number of benzene rings is 1. The molecule has 0 spiro atoms. The van der Waals surface area contributed by atoms with Crippen LogP contribution in [0.3, 0.4) is 0 Å². The first kappa shape index (κ1) is 13.8. The molecule has 0 saturated heterocycles. The maximum atomic E-state index is 11.5. The lowest BCUT2D eigenvalue weighted by atomic mass is 10.2. The highest BCUT2D eigenvalue weighted by molar-refractivity contribution is 7.92. The Morgan fingerprint density at radius 1 is 1.47 bits per heavy atom. The molecule has 0 heterocycles. The van der Waals surface area contributed by atoms with E-state index in [2.05, 4.69) is 0 Å². The van der Waals surface area contributed by atoms with Crippen molar-refractivity contribution in [1.82, 2.24) is 0 Å². The zero-order valence-corrected chi connectivity index (χ0v) is 10.9. The lowest BCUT2D eigenvalue weighted by Crippen LogP contribution is -2.41. The van der Waals surface area contributed by atoms with Crippen molar-refractivity contribution >= 4 is 33.3 Å². The summed E-state index contributed by atoms with van der Waals surface area (Å²) in [5.41, 5.74) is 0.852. The van der Waals surface area contributed by atoms with Gasteiger partial charge in [-0.15, -0.1) is 0 Å². The predicted molar refractivity (Wildman–Crippen MR) is 63.4 cm³/mol. The molecule has 0 saturated carbocycles. The van der Waals surface area contributed by atoms with Gasteiger partial charge in [0.1, 0.15) is 0 Å². The van der Waals surface area contributed by atoms with Crippen molar-refractivity contribution < 1.29 is 18.3 Å². The van der Waals surface area contributed by atoms with Gasteiger partial charge in [0.15, 0.2) is 0 Å². The van der Waals surface area contributed by atoms with Crippen molar-refractivity contribution in [2.24, 2.45) is 0 Å².